The summed E-state index contributed by atoms with van der Waals surface area (Å²) < 4.78 is 27.6. The lowest BCUT2D eigenvalue weighted by Gasteiger charge is -2.25. The highest BCUT2D eigenvalue weighted by molar-refractivity contribution is 7.92. The maximum absolute atomic E-state index is 13.2. The van der Waals surface area contributed by atoms with Crippen molar-refractivity contribution in [3.8, 4) is 0 Å². The minimum Gasteiger partial charge on any atom is -0.352 e. The van der Waals surface area contributed by atoms with Crippen molar-refractivity contribution >= 4 is 21.6 Å². The molecule has 0 radical (unpaired) electrons. The Morgan fingerprint density at radius 1 is 1.00 bits per heavy atom. The average molecular weight is 389 g/mol. The molecule has 0 saturated heterocycles. The number of sulfonamides is 1. The van der Waals surface area contributed by atoms with Gasteiger partial charge in [0.25, 0.3) is 10.0 Å². The Balaban J connectivity index is 2.36. The minimum absolute atomic E-state index is 0.00412. The molecule has 1 atom stereocenters. The molecular formula is C21H28N2O3S. The van der Waals surface area contributed by atoms with Crippen LogP contribution in [0, 0.1) is 13.8 Å². The number of benzene rings is 2. The van der Waals surface area contributed by atoms with Gasteiger partial charge in [0.2, 0.25) is 5.91 Å². The van der Waals surface area contributed by atoms with Crippen LogP contribution >= 0.6 is 0 Å². The Labute approximate surface area is 162 Å². The van der Waals surface area contributed by atoms with Gasteiger partial charge in [-0.1, -0.05) is 48.7 Å². The highest BCUT2D eigenvalue weighted by atomic mass is 32.2. The molecule has 0 heterocycles. The van der Waals surface area contributed by atoms with E-state index >= 15 is 0 Å². The second-order valence-corrected chi connectivity index (χ2v) is 8.78. The van der Waals surface area contributed by atoms with Gasteiger partial charge >= 0.3 is 0 Å². The van der Waals surface area contributed by atoms with Crippen molar-refractivity contribution < 1.29 is 13.2 Å². The molecule has 6 heteroatoms. The summed E-state index contributed by atoms with van der Waals surface area (Å²) in [6.07, 6.45) is 1.80. The molecule has 5 nitrogen and oxygen atoms in total. The largest absolute Gasteiger partial charge is 0.352 e. The Bertz CT molecular complexity index is 859. The van der Waals surface area contributed by atoms with Gasteiger partial charge in [-0.3, -0.25) is 9.10 Å². The number of carbonyl (C=O) groups is 1. The fraction of sp³-hybridized carbons (Fsp3) is 0.381. The van der Waals surface area contributed by atoms with E-state index in [0.29, 0.717) is 5.69 Å². The summed E-state index contributed by atoms with van der Waals surface area (Å²) in [7, 11) is -3.85. The molecule has 0 aromatic heterocycles. The smallest absolute Gasteiger partial charge is 0.264 e. The van der Waals surface area contributed by atoms with Crippen LogP contribution in [0.4, 0.5) is 5.69 Å². The maximum atomic E-state index is 13.2. The second-order valence-electron chi connectivity index (χ2n) is 6.92. The van der Waals surface area contributed by atoms with Crippen molar-refractivity contribution in [1.29, 1.82) is 0 Å². The van der Waals surface area contributed by atoms with Gasteiger partial charge in [-0.05, 0) is 51.5 Å². The molecule has 146 valence electrons. The Hall–Kier alpha value is -2.34. The van der Waals surface area contributed by atoms with Crippen LogP contribution in [0.2, 0.25) is 0 Å². The number of amides is 1. The molecule has 2 aromatic carbocycles. The molecule has 0 spiro atoms. The fourth-order valence-electron chi connectivity index (χ4n) is 2.82. The number of rotatable bonds is 8. The lowest BCUT2D eigenvalue weighted by molar-refractivity contribution is -0.120. The zero-order valence-corrected chi connectivity index (χ0v) is 17.2. The highest BCUT2D eigenvalue weighted by Gasteiger charge is 2.27. The lowest BCUT2D eigenvalue weighted by Crippen LogP contribution is -2.43. The molecule has 1 N–H and O–H groups in total. The predicted octanol–water partition coefficient (Wildman–Crippen LogP) is 3.80. The Kier molecular flexibility index (Phi) is 7.02. The second kappa shape index (κ2) is 9.04. The van der Waals surface area contributed by atoms with Crippen LogP contribution < -0.4 is 9.62 Å². The van der Waals surface area contributed by atoms with E-state index in [1.807, 2.05) is 39.8 Å². The van der Waals surface area contributed by atoms with E-state index < -0.39 is 10.0 Å². The third-order valence-corrected chi connectivity index (χ3v) is 6.14. The molecule has 2 aromatic rings. The summed E-state index contributed by atoms with van der Waals surface area (Å²) in [5.74, 6) is -0.313. The molecule has 0 bridgehead atoms. The number of aryl methyl sites for hydroxylation is 2. The van der Waals surface area contributed by atoms with Gasteiger partial charge in [-0.15, -0.1) is 0 Å². The molecule has 0 aliphatic heterocycles. The third kappa shape index (κ3) is 5.57. The summed E-state index contributed by atoms with van der Waals surface area (Å²) in [6.45, 7) is 7.54. The predicted molar refractivity (Wildman–Crippen MR) is 109 cm³/mol. The summed E-state index contributed by atoms with van der Waals surface area (Å²) >= 11 is 0. The van der Waals surface area contributed by atoms with Crippen LogP contribution in [0.25, 0.3) is 0 Å². The molecule has 27 heavy (non-hydrogen) atoms. The number of anilines is 1. The zero-order valence-electron chi connectivity index (χ0n) is 16.4. The van der Waals surface area contributed by atoms with E-state index in [2.05, 4.69) is 5.32 Å². The van der Waals surface area contributed by atoms with Crippen LogP contribution in [0.3, 0.4) is 0 Å². The van der Waals surface area contributed by atoms with Crippen LogP contribution in [-0.2, 0) is 14.8 Å². The monoisotopic (exact) mass is 388 g/mol. The van der Waals surface area contributed by atoms with Gasteiger partial charge in [0.1, 0.15) is 6.54 Å². The quantitative estimate of drug-likeness (QED) is 0.748. The number of hydrogen-bond acceptors (Lipinski definition) is 3. The maximum Gasteiger partial charge on any atom is 0.264 e. The van der Waals surface area contributed by atoms with Gasteiger partial charge in [0.05, 0.1) is 10.6 Å². The third-order valence-electron chi connectivity index (χ3n) is 4.35. The van der Waals surface area contributed by atoms with Gasteiger partial charge in [-0.2, -0.15) is 0 Å². The highest BCUT2D eigenvalue weighted by Crippen LogP contribution is 2.24. The molecule has 1 amide bonds. The summed E-state index contributed by atoms with van der Waals surface area (Å²) in [5, 5.41) is 2.88. The first kappa shape index (κ1) is 21.0. The van der Waals surface area contributed by atoms with Crippen molar-refractivity contribution in [3.05, 3.63) is 59.7 Å². The van der Waals surface area contributed by atoms with E-state index in [-0.39, 0.29) is 23.4 Å². The van der Waals surface area contributed by atoms with E-state index in [1.54, 1.807) is 36.4 Å². The fourth-order valence-corrected chi connectivity index (χ4v) is 4.24. The van der Waals surface area contributed by atoms with E-state index in [0.717, 1.165) is 24.0 Å². The molecule has 0 aliphatic rings. The van der Waals surface area contributed by atoms with Crippen LogP contribution in [0.5, 0.6) is 0 Å². The van der Waals surface area contributed by atoms with Gasteiger partial charge in [0, 0.05) is 6.04 Å². The molecular weight excluding hydrogens is 360 g/mol. The lowest BCUT2D eigenvalue weighted by atomic mass is 10.2. The van der Waals surface area contributed by atoms with Crippen LogP contribution in [-0.4, -0.2) is 26.9 Å². The number of carbonyl (C=O) groups excluding carboxylic acids is 1. The van der Waals surface area contributed by atoms with Crippen molar-refractivity contribution in [3.63, 3.8) is 0 Å². The van der Waals surface area contributed by atoms with Gasteiger partial charge < -0.3 is 5.32 Å². The topological polar surface area (TPSA) is 66.5 Å². The molecule has 0 saturated carbocycles. The van der Waals surface area contributed by atoms with Crippen LogP contribution in [0.1, 0.15) is 37.8 Å². The standard InChI is InChI=1S/C21H28N2O3S/c1-5-6-18(4)22-21(24)15-23(19-11-7-16(2)8-12-19)27(25,26)20-13-9-17(3)10-14-20/h7-14,18H,5-6,15H2,1-4H3,(H,22,24)/t18-/m0/s1. The molecule has 0 aliphatic carbocycles. The summed E-state index contributed by atoms with van der Waals surface area (Å²) in [6, 6.07) is 13.8. The van der Waals surface area contributed by atoms with E-state index in [9.17, 15) is 13.2 Å². The van der Waals surface area contributed by atoms with Gasteiger partial charge in [-0.25, -0.2) is 8.42 Å². The van der Waals surface area contributed by atoms with Crippen molar-refractivity contribution in [2.24, 2.45) is 0 Å². The first-order valence-electron chi connectivity index (χ1n) is 9.19. The van der Waals surface area contributed by atoms with E-state index in [4.69, 9.17) is 0 Å². The summed E-state index contributed by atoms with van der Waals surface area (Å²) in [5.41, 5.74) is 2.47. The normalized spacial score (nSPS) is 12.4. The van der Waals surface area contributed by atoms with E-state index in [1.165, 1.54) is 4.31 Å². The minimum atomic E-state index is -3.85. The Morgan fingerprint density at radius 3 is 2.04 bits per heavy atom. The Morgan fingerprint density at radius 2 is 1.52 bits per heavy atom. The molecule has 0 fully saturated rings. The first-order valence-corrected chi connectivity index (χ1v) is 10.6. The number of nitrogens with one attached hydrogen (secondary N) is 1. The zero-order chi connectivity index (χ0) is 20.0. The van der Waals surface area contributed by atoms with Crippen molar-refractivity contribution in [2.45, 2.75) is 51.5 Å². The number of nitrogens with zero attached hydrogens (tertiary/aromatic N) is 1. The van der Waals surface area contributed by atoms with Crippen LogP contribution in [0.15, 0.2) is 53.4 Å². The average Bonchev–Trinajstić information content (AvgIpc) is 2.61. The molecule has 0 unspecified atom stereocenters. The summed E-state index contributed by atoms with van der Waals surface area (Å²) in [4.78, 5) is 12.7. The van der Waals surface area contributed by atoms with Gasteiger partial charge in [0.15, 0.2) is 0 Å². The SMILES string of the molecule is CCC[C@H](C)NC(=O)CN(c1ccc(C)cc1)S(=O)(=O)c1ccc(C)cc1. The van der Waals surface area contributed by atoms with Crippen molar-refractivity contribution in [1.82, 2.24) is 5.32 Å². The first-order chi connectivity index (χ1) is 12.7. The van der Waals surface area contributed by atoms with Crippen molar-refractivity contribution in [2.75, 3.05) is 10.8 Å². The number of hydrogen-bond donors (Lipinski definition) is 1. The molecule has 2 rings (SSSR count).